The van der Waals surface area contributed by atoms with Crippen LogP contribution in [0.25, 0.3) is 0 Å². The third kappa shape index (κ3) is 8.81. The van der Waals surface area contributed by atoms with Gasteiger partial charge in [-0.3, -0.25) is 12.2 Å². The second kappa shape index (κ2) is 13.3. The average Bonchev–Trinajstić information content (AvgIpc) is 2.71. The maximum Gasteiger partial charge on any atom is 2.00 e. The van der Waals surface area contributed by atoms with Crippen molar-refractivity contribution in [3.05, 3.63) is 65.2 Å². The summed E-state index contributed by atoms with van der Waals surface area (Å²) in [6.07, 6.45) is 8.37. The zero-order valence-electron chi connectivity index (χ0n) is 18.2. The Balaban J connectivity index is -0.000000147. The van der Waals surface area contributed by atoms with Crippen molar-refractivity contribution in [1.29, 1.82) is 0 Å². The summed E-state index contributed by atoms with van der Waals surface area (Å²) in [5, 5.41) is 0. The van der Waals surface area contributed by atoms with Crippen molar-refractivity contribution in [3.63, 3.8) is 0 Å². The number of rotatable bonds is 0. The van der Waals surface area contributed by atoms with Crippen LogP contribution in [0.4, 0.5) is 0 Å². The standard InChI is InChI=1S/2C10H15.C3H5.2ClH.Zr/c2*1-7-6-10(4,5)9(3)8(7)2;1-3-2;;;/h2*1-5H3;3H,1-2H2;2*1H;/q3*-1;;;+2/p-2. The predicted molar refractivity (Wildman–Crippen MR) is 105 cm³/mol. The molecular weight excluding hydrogens is 438 g/mol. The molecule has 0 nitrogen and oxygen atoms in total. The van der Waals surface area contributed by atoms with E-state index in [-0.39, 0.29) is 61.8 Å². The summed E-state index contributed by atoms with van der Waals surface area (Å²) >= 11 is 0. The monoisotopic (exact) mass is 471 g/mol. The van der Waals surface area contributed by atoms with Crippen LogP contribution < -0.4 is 24.8 Å². The molecule has 0 aromatic heterocycles. The maximum absolute atomic E-state index is 3.44. The van der Waals surface area contributed by atoms with Crippen molar-refractivity contribution in [2.75, 3.05) is 0 Å². The summed E-state index contributed by atoms with van der Waals surface area (Å²) in [7, 11) is 0. The SMILES string of the molecule is C=C[CH2-].CC1=[C-]C(C)(C)C(C)=C1C.CC1=[C-]C(C)(C)C(C)=C1C.[Cl-].[Cl-].[Zr+2]. The van der Waals surface area contributed by atoms with E-state index < -0.39 is 0 Å². The van der Waals surface area contributed by atoms with Gasteiger partial charge in [0.2, 0.25) is 0 Å². The van der Waals surface area contributed by atoms with Crippen LogP contribution in [-0.4, -0.2) is 0 Å². The Kier molecular flexibility index (Phi) is 17.1. The fraction of sp³-hybridized carbons (Fsp3) is 0.522. The average molecular weight is 474 g/mol. The van der Waals surface area contributed by atoms with Crippen LogP contribution >= 0.6 is 0 Å². The van der Waals surface area contributed by atoms with Gasteiger partial charge in [0, 0.05) is 0 Å². The van der Waals surface area contributed by atoms with E-state index >= 15 is 0 Å². The summed E-state index contributed by atoms with van der Waals surface area (Å²) in [4.78, 5) is 0. The molecule has 0 radical (unpaired) electrons. The Bertz CT molecular complexity index is 535. The fourth-order valence-electron chi connectivity index (χ4n) is 2.81. The fourth-order valence-corrected chi connectivity index (χ4v) is 2.81. The molecule has 2 aliphatic carbocycles. The molecule has 0 heterocycles. The van der Waals surface area contributed by atoms with Crippen molar-refractivity contribution in [2.45, 2.75) is 69.2 Å². The molecule has 0 amide bonds. The van der Waals surface area contributed by atoms with Gasteiger partial charge in [-0.2, -0.15) is 22.3 Å². The van der Waals surface area contributed by atoms with Crippen LogP contribution in [0.15, 0.2) is 46.1 Å². The van der Waals surface area contributed by atoms with Gasteiger partial charge in [-0.1, -0.05) is 66.2 Å². The molecule has 2 rings (SSSR count). The first-order valence-corrected chi connectivity index (χ1v) is 8.32. The zero-order valence-corrected chi connectivity index (χ0v) is 22.2. The second-order valence-corrected chi connectivity index (χ2v) is 7.54. The molecule has 0 unspecified atom stereocenters. The summed E-state index contributed by atoms with van der Waals surface area (Å²) < 4.78 is 0. The summed E-state index contributed by atoms with van der Waals surface area (Å²) in [6.45, 7) is 28.3. The Hall–Kier alpha value is 0.0331. The van der Waals surface area contributed by atoms with Crippen LogP contribution in [0.1, 0.15) is 69.2 Å². The van der Waals surface area contributed by atoms with Gasteiger partial charge in [0.05, 0.1) is 0 Å². The minimum Gasteiger partial charge on any atom is -1.00 e. The van der Waals surface area contributed by atoms with Gasteiger partial charge in [-0.25, -0.2) is 30.7 Å². The van der Waals surface area contributed by atoms with Crippen molar-refractivity contribution < 1.29 is 51.0 Å². The van der Waals surface area contributed by atoms with Crippen molar-refractivity contribution in [1.82, 2.24) is 0 Å². The van der Waals surface area contributed by atoms with Crippen molar-refractivity contribution in [2.24, 2.45) is 10.8 Å². The molecule has 3 heteroatoms. The third-order valence-corrected chi connectivity index (χ3v) is 5.12. The largest absolute Gasteiger partial charge is 2.00 e. The van der Waals surface area contributed by atoms with E-state index in [2.05, 4.69) is 94.9 Å². The Labute approximate surface area is 195 Å². The van der Waals surface area contributed by atoms with Gasteiger partial charge in [0.15, 0.2) is 0 Å². The van der Waals surface area contributed by atoms with E-state index in [0.29, 0.717) is 0 Å². The molecule has 0 aromatic rings. The molecule has 0 saturated heterocycles. The molecule has 0 N–H and O–H groups in total. The maximum atomic E-state index is 3.44. The summed E-state index contributed by atoms with van der Waals surface area (Å²) in [5.41, 5.74) is 8.79. The second-order valence-electron chi connectivity index (χ2n) is 7.54. The van der Waals surface area contributed by atoms with Gasteiger partial charge in [0.1, 0.15) is 0 Å². The minimum atomic E-state index is 0. The normalized spacial score (nSPS) is 18.5. The van der Waals surface area contributed by atoms with Gasteiger partial charge >= 0.3 is 26.2 Å². The first-order valence-electron chi connectivity index (χ1n) is 8.32. The predicted octanol–water partition coefficient (Wildman–Crippen LogP) is 1.24. The summed E-state index contributed by atoms with van der Waals surface area (Å²) in [6, 6.07) is 0. The van der Waals surface area contributed by atoms with Crippen LogP contribution in [0.2, 0.25) is 0 Å². The minimum absolute atomic E-state index is 0. The van der Waals surface area contributed by atoms with Crippen molar-refractivity contribution in [3.8, 4) is 0 Å². The van der Waals surface area contributed by atoms with E-state index in [0.717, 1.165) is 0 Å². The van der Waals surface area contributed by atoms with Gasteiger partial charge < -0.3 is 24.8 Å². The molecular formula is C23H35Cl2Zr-3. The molecule has 148 valence electrons. The molecule has 0 aromatic carbocycles. The molecule has 26 heavy (non-hydrogen) atoms. The third-order valence-electron chi connectivity index (χ3n) is 5.12. The van der Waals surface area contributed by atoms with Crippen molar-refractivity contribution >= 4 is 0 Å². The Morgan fingerprint density at radius 1 is 0.731 bits per heavy atom. The number of hydrogen-bond donors (Lipinski definition) is 0. The molecule has 0 spiro atoms. The Morgan fingerprint density at radius 2 is 0.923 bits per heavy atom. The van der Waals surface area contributed by atoms with E-state index in [9.17, 15) is 0 Å². The quantitative estimate of drug-likeness (QED) is 0.465. The van der Waals surface area contributed by atoms with E-state index in [1.807, 2.05) is 0 Å². The number of hydrogen-bond acceptors (Lipinski definition) is 0. The van der Waals surface area contributed by atoms with Gasteiger partial charge in [0.25, 0.3) is 0 Å². The first kappa shape index (κ1) is 33.6. The van der Waals surface area contributed by atoms with E-state index in [4.69, 9.17) is 0 Å². The van der Waals surface area contributed by atoms with Gasteiger partial charge in [-0.05, 0) is 0 Å². The van der Waals surface area contributed by atoms with Crippen LogP contribution in [0, 0.1) is 29.9 Å². The molecule has 0 fully saturated rings. The number of allylic oxidation sites excluding steroid dienone is 9. The molecule has 2 aliphatic rings. The number of halogens is 2. The van der Waals surface area contributed by atoms with E-state index in [1.165, 1.54) is 39.5 Å². The van der Waals surface area contributed by atoms with Crippen LogP contribution in [0.5, 0.6) is 0 Å². The van der Waals surface area contributed by atoms with Gasteiger partial charge in [-0.15, -0.1) is 13.8 Å². The topological polar surface area (TPSA) is 0 Å². The molecule has 0 aliphatic heterocycles. The molecule has 0 saturated carbocycles. The molecule has 0 bridgehead atoms. The first-order chi connectivity index (χ1) is 10.3. The van der Waals surface area contributed by atoms with E-state index in [1.54, 1.807) is 0 Å². The van der Waals surface area contributed by atoms with Crippen LogP contribution in [-0.2, 0) is 26.2 Å². The zero-order chi connectivity index (χ0) is 18.6. The molecule has 0 atom stereocenters. The summed E-state index contributed by atoms with van der Waals surface area (Å²) in [5.74, 6) is 0. The smallest absolute Gasteiger partial charge is 1.00 e. The van der Waals surface area contributed by atoms with Crippen LogP contribution in [0.3, 0.4) is 0 Å². The Morgan fingerprint density at radius 3 is 0.962 bits per heavy atom.